The van der Waals surface area contributed by atoms with Gasteiger partial charge in [0.2, 0.25) is 0 Å². The Hall–Kier alpha value is -0.620. The second-order valence-corrected chi connectivity index (χ2v) is 3.83. The zero-order chi connectivity index (χ0) is 10.1. The third kappa shape index (κ3) is 6.53. The number of thioether (sulfide) groups is 1. The maximum atomic E-state index is 11.0. The molecule has 0 aliphatic carbocycles. The molecule has 2 nitrogen and oxygen atoms in total. The highest BCUT2D eigenvalue weighted by Gasteiger charge is 2.11. The van der Waals surface area contributed by atoms with Crippen molar-refractivity contribution in [1.29, 1.82) is 0 Å². The maximum Gasteiger partial charge on any atom is 0.309 e. The summed E-state index contributed by atoms with van der Waals surface area (Å²) in [5.41, 5.74) is 0. The van der Waals surface area contributed by atoms with Crippen LogP contribution in [0.2, 0.25) is 0 Å². The first-order valence-corrected chi connectivity index (χ1v) is 5.43. The topological polar surface area (TPSA) is 26.3 Å². The van der Waals surface area contributed by atoms with Crippen LogP contribution in [0, 0.1) is 17.8 Å². The summed E-state index contributed by atoms with van der Waals surface area (Å²) < 4.78 is 4.61. The minimum Gasteiger partial charge on any atom is -0.469 e. The van der Waals surface area contributed by atoms with Crippen LogP contribution in [0.5, 0.6) is 0 Å². The van der Waals surface area contributed by atoms with Crippen LogP contribution >= 0.6 is 11.8 Å². The Labute approximate surface area is 84.4 Å². The van der Waals surface area contributed by atoms with Crippen molar-refractivity contribution in [3.05, 3.63) is 0 Å². The summed E-state index contributed by atoms with van der Waals surface area (Å²) >= 11 is 1.74. The molecular weight excluding hydrogens is 184 g/mol. The van der Waals surface area contributed by atoms with E-state index in [0.717, 1.165) is 17.9 Å². The molecular formula is C10H16O2S. The van der Waals surface area contributed by atoms with E-state index in [9.17, 15) is 4.79 Å². The van der Waals surface area contributed by atoms with E-state index in [0.29, 0.717) is 0 Å². The summed E-state index contributed by atoms with van der Waals surface area (Å²) in [5, 5.41) is 0. The Morgan fingerprint density at radius 3 is 2.85 bits per heavy atom. The average Bonchev–Trinajstić information content (AvgIpc) is 2.16. The second-order valence-electron chi connectivity index (χ2n) is 2.68. The van der Waals surface area contributed by atoms with Gasteiger partial charge in [-0.2, -0.15) is 11.8 Å². The van der Waals surface area contributed by atoms with Crippen LogP contribution in [0.3, 0.4) is 0 Å². The van der Waals surface area contributed by atoms with E-state index >= 15 is 0 Å². The van der Waals surface area contributed by atoms with Gasteiger partial charge in [0.25, 0.3) is 0 Å². The highest BCUT2D eigenvalue weighted by molar-refractivity contribution is 7.99. The third-order valence-corrected chi connectivity index (χ3v) is 2.75. The van der Waals surface area contributed by atoms with Crippen LogP contribution < -0.4 is 0 Å². The van der Waals surface area contributed by atoms with Crippen LogP contribution in [0.25, 0.3) is 0 Å². The summed E-state index contributed by atoms with van der Waals surface area (Å²) in [6.07, 6.45) is 0.898. The van der Waals surface area contributed by atoms with Crippen molar-refractivity contribution >= 4 is 17.7 Å². The molecule has 0 N–H and O–H groups in total. The van der Waals surface area contributed by atoms with E-state index < -0.39 is 0 Å². The zero-order valence-corrected chi connectivity index (χ0v) is 9.24. The lowest BCUT2D eigenvalue weighted by atomic mass is 10.2. The van der Waals surface area contributed by atoms with Gasteiger partial charge in [-0.15, -0.1) is 11.8 Å². The Balaban J connectivity index is 3.40. The third-order valence-electron chi connectivity index (χ3n) is 1.52. The van der Waals surface area contributed by atoms with Crippen LogP contribution in [-0.4, -0.2) is 24.6 Å². The van der Waals surface area contributed by atoms with Gasteiger partial charge in [0, 0.05) is 17.9 Å². The lowest BCUT2D eigenvalue weighted by molar-refractivity contribution is -0.143. The van der Waals surface area contributed by atoms with E-state index in [2.05, 4.69) is 16.6 Å². The molecule has 13 heavy (non-hydrogen) atoms. The van der Waals surface area contributed by atoms with Crippen LogP contribution in [0.4, 0.5) is 0 Å². The highest BCUT2D eigenvalue weighted by atomic mass is 32.2. The Morgan fingerprint density at radius 1 is 1.62 bits per heavy atom. The molecule has 0 saturated heterocycles. The molecule has 3 heteroatoms. The number of methoxy groups -OCH3 is 1. The van der Waals surface area contributed by atoms with Crippen molar-refractivity contribution in [3.8, 4) is 11.8 Å². The van der Waals surface area contributed by atoms with Gasteiger partial charge in [-0.25, -0.2) is 0 Å². The lowest BCUT2D eigenvalue weighted by Gasteiger charge is -2.06. The van der Waals surface area contributed by atoms with E-state index in [1.54, 1.807) is 11.8 Å². The van der Waals surface area contributed by atoms with Crippen molar-refractivity contribution < 1.29 is 9.53 Å². The predicted molar refractivity (Wildman–Crippen MR) is 56.6 cm³/mol. The molecule has 0 bridgehead atoms. The molecule has 0 aliphatic heterocycles. The van der Waals surface area contributed by atoms with E-state index in [4.69, 9.17) is 0 Å². The van der Waals surface area contributed by atoms with Gasteiger partial charge in [-0.1, -0.05) is 6.92 Å². The van der Waals surface area contributed by atoms with E-state index in [1.165, 1.54) is 7.11 Å². The summed E-state index contributed by atoms with van der Waals surface area (Å²) in [5.74, 6) is 7.48. The van der Waals surface area contributed by atoms with Gasteiger partial charge < -0.3 is 4.74 Å². The molecule has 0 rings (SSSR count). The predicted octanol–water partition coefficient (Wildman–Crippen LogP) is 1.94. The van der Waals surface area contributed by atoms with Crippen molar-refractivity contribution in [3.63, 3.8) is 0 Å². The molecule has 1 unspecified atom stereocenters. The van der Waals surface area contributed by atoms with Crippen molar-refractivity contribution in [2.24, 2.45) is 5.92 Å². The normalized spacial score (nSPS) is 11.3. The number of carbonyl (C=O) groups excluding carboxylic acids is 1. The van der Waals surface area contributed by atoms with Gasteiger partial charge in [0.05, 0.1) is 13.0 Å². The van der Waals surface area contributed by atoms with Gasteiger partial charge in [-0.05, 0) is 6.92 Å². The monoisotopic (exact) mass is 200 g/mol. The molecule has 0 spiro atoms. The molecule has 1 atom stereocenters. The summed E-state index contributed by atoms with van der Waals surface area (Å²) in [7, 11) is 1.42. The summed E-state index contributed by atoms with van der Waals surface area (Å²) in [4.78, 5) is 11.0. The first-order valence-electron chi connectivity index (χ1n) is 4.27. The first-order chi connectivity index (χ1) is 6.22. The Morgan fingerprint density at radius 2 is 2.31 bits per heavy atom. The minimum absolute atomic E-state index is 0.00964. The highest BCUT2D eigenvalue weighted by Crippen LogP contribution is 2.10. The maximum absolute atomic E-state index is 11.0. The molecule has 0 heterocycles. The molecule has 0 aromatic heterocycles. The minimum atomic E-state index is -0.130. The standard InChI is InChI=1S/C10H16O2S/c1-4-5-6-7-13-8-9(2)10(11)12-3/h9H,6-8H2,1-3H3. The molecule has 74 valence electrons. The number of rotatable bonds is 5. The zero-order valence-electron chi connectivity index (χ0n) is 8.42. The molecule has 0 aliphatic rings. The van der Waals surface area contributed by atoms with Crippen molar-refractivity contribution in [2.75, 3.05) is 18.6 Å². The molecule has 0 fully saturated rings. The Bertz CT molecular complexity index is 203. The number of esters is 1. The van der Waals surface area contributed by atoms with Crippen LogP contribution in [0.1, 0.15) is 20.3 Å². The molecule has 0 aromatic carbocycles. The van der Waals surface area contributed by atoms with Crippen molar-refractivity contribution in [1.82, 2.24) is 0 Å². The fourth-order valence-electron chi connectivity index (χ4n) is 0.778. The average molecular weight is 200 g/mol. The fourth-order valence-corrected chi connectivity index (χ4v) is 1.68. The summed E-state index contributed by atoms with van der Waals surface area (Å²) in [6, 6.07) is 0. The molecule has 0 amide bonds. The van der Waals surface area contributed by atoms with Crippen molar-refractivity contribution in [2.45, 2.75) is 20.3 Å². The van der Waals surface area contributed by atoms with Crippen LogP contribution in [0.15, 0.2) is 0 Å². The molecule has 0 aromatic rings. The van der Waals surface area contributed by atoms with Crippen LogP contribution in [-0.2, 0) is 9.53 Å². The molecule has 0 saturated carbocycles. The second kappa shape index (κ2) is 8.00. The largest absolute Gasteiger partial charge is 0.469 e. The lowest BCUT2D eigenvalue weighted by Crippen LogP contribution is -2.14. The van der Waals surface area contributed by atoms with Gasteiger partial charge >= 0.3 is 5.97 Å². The Kier molecular flexibility index (Phi) is 7.62. The number of hydrogen-bond donors (Lipinski definition) is 0. The molecule has 0 radical (unpaired) electrons. The quantitative estimate of drug-likeness (QED) is 0.385. The van der Waals surface area contributed by atoms with Gasteiger partial charge in [0.1, 0.15) is 0 Å². The SMILES string of the molecule is CC#CCCSCC(C)C(=O)OC. The summed E-state index contributed by atoms with van der Waals surface area (Å²) in [6.45, 7) is 3.71. The number of carbonyl (C=O) groups is 1. The van der Waals surface area contributed by atoms with E-state index in [-0.39, 0.29) is 11.9 Å². The number of hydrogen-bond acceptors (Lipinski definition) is 3. The van der Waals surface area contributed by atoms with E-state index in [1.807, 2.05) is 13.8 Å². The number of ether oxygens (including phenoxy) is 1. The smallest absolute Gasteiger partial charge is 0.309 e. The fraction of sp³-hybridized carbons (Fsp3) is 0.700. The van der Waals surface area contributed by atoms with Gasteiger partial charge in [0.15, 0.2) is 0 Å². The van der Waals surface area contributed by atoms with Gasteiger partial charge in [-0.3, -0.25) is 4.79 Å². The first kappa shape index (κ1) is 12.4.